The highest BCUT2D eigenvalue weighted by Crippen LogP contribution is 2.24. The van der Waals surface area contributed by atoms with Crippen molar-refractivity contribution in [1.29, 1.82) is 0 Å². The standard InChI is InChI=1S/C12H9FN2/c1-3-9-10(13)5-4-8-6-11(14)15-7(2)12(8)9/h1,4-6H,2H3,(H2,14,15). The molecule has 0 saturated heterocycles. The first-order chi connectivity index (χ1) is 7.13. The van der Waals surface area contributed by atoms with Crippen molar-refractivity contribution in [3.8, 4) is 12.3 Å². The Kier molecular flexibility index (Phi) is 2.05. The normalized spacial score (nSPS) is 10.2. The van der Waals surface area contributed by atoms with Crippen LogP contribution >= 0.6 is 0 Å². The van der Waals surface area contributed by atoms with Crippen LogP contribution in [0.4, 0.5) is 10.2 Å². The Hall–Kier alpha value is -2.08. The number of nitrogens with zero attached hydrogens (tertiary/aromatic N) is 1. The zero-order valence-electron chi connectivity index (χ0n) is 8.21. The summed E-state index contributed by atoms with van der Waals surface area (Å²) >= 11 is 0. The van der Waals surface area contributed by atoms with Gasteiger partial charge in [-0.05, 0) is 24.4 Å². The first-order valence-corrected chi connectivity index (χ1v) is 4.45. The minimum Gasteiger partial charge on any atom is -0.384 e. The molecule has 0 aliphatic rings. The number of nitrogen functional groups attached to an aromatic ring is 1. The molecule has 2 nitrogen and oxygen atoms in total. The van der Waals surface area contributed by atoms with Crippen molar-refractivity contribution in [2.24, 2.45) is 0 Å². The second kappa shape index (κ2) is 3.25. The Bertz CT molecular complexity index is 582. The van der Waals surface area contributed by atoms with Crippen molar-refractivity contribution < 1.29 is 4.39 Å². The number of hydrogen-bond donors (Lipinski definition) is 1. The van der Waals surface area contributed by atoms with E-state index in [9.17, 15) is 4.39 Å². The number of rotatable bonds is 0. The van der Waals surface area contributed by atoms with Gasteiger partial charge in [-0.3, -0.25) is 0 Å². The Morgan fingerprint density at radius 1 is 1.47 bits per heavy atom. The van der Waals surface area contributed by atoms with Gasteiger partial charge in [-0.15, -0.1) is 6.42 Å². The highest BCUT2D eigenvalue weighted by molar-refractivity contribution is 5.91. The van der Waals surface area contributed by atoms with Crippen LogP contribution < -0.4 is 5.73 Å². The number of aryl methyl sites for hydroxylation is 1. The van der Waals surface area contributed by atoms with Crippen molar-refractivity contribution in [2.75, 3.05) is 5.73 Å². The molecule has 0 bridgehead atoms. The fraction of sp³-hybridized carbons (Fsp3) is 0.0833. The van der Waals surface area contributed by atoms with Crippen LogP contribution in [0.5, 0.6) is 0 Å². The number of hydrogen-bond acceptors (Lipinski definition) is 2. The van der Waals surface area contributed by atoms with Crippen LogP contribution in [0.3, 0.4) is 0 Å². The molecular formula is C12H9FN2. The van der Waals surface area contributed by atoms with Crippen molar-refractivity contribution in [1.82, 2.24) is 4.98 Å². The summed E-state index contributed by atoms with van der Waals surface area (Å²) in [6.07, 6.45) is 5.27. The topological polar surface area (TPSA) is 38.9 Å². The van der Waals surface area contributed by atoms with E-state index in [2.05, 4.69) is 10.9 Å². The molecule has 0 aliphatic heterocycles. The van der Waals surface area contributed by atoms with E-state index in [0.29, 0.717) is 16.9 Å². The third-order valence-corrected chi connectivity index (χ3v) is 2.29. The van der Waals surface area contributed by atoms with Crippen molar-refractivity contribution >= 4 is 16.6 Å². The van der Waals surface area contributed by atoms with E-state index in [1.807, 2.05) is 0 Å². The van der Waals surface area contributed by atoms with Crippen LogP contribution in [0, 0.1) is 25.1 Å². The zero-order chi connectivity index (χ0) is 11.0. The van der Waals surface area contributed by atoms with E-state index >= 15 is 0 Å². The highest BCUT2D eigenvalue weighted by atomic mass is 19.1. The Balaban J connectivity index is 3.00. The molecule has 2 N–H and O–H groups in total. The highest BCUT2D eigenvalue weighted by Gasteiger charge is 2.09. The van der Waals surface area contributed by atoms with Crippen LogP contribution in [0.25, 0.3) is 10.8 Å². The van der Waals surface area contributed by atoms with Gasteiger partial charge >= 0.3 is 0 Å². The van der Waals surface area contributed by atoms with Crippen molar-refractivity contribution in [3.05, 3.63) is 35.3 Å². The zero-order valence-corrected chi connectivity index (χ0v) is 8.21. The number of nitrogens with two attached hydrogens (primary N) is 1. The van der Waals surface area contributed by atoms with Gasteiger partial charge < -0.3 is 5.73 Å². The molecule has 0 amide bonds. The second-order valence-electron chi connectivity index (χ2n) is 3.30. The first kappa shape index (κ1) is 9.47. The van der Waals surface area contributed by atoms with Gasteiger partial charge in [0.2, 0.25) is 0 Å². The predicted molar refractivity (Wildman–Crippen MR) is 58.8 cm³/mol. The van der Waals surface area contributed by atoms with Crippen LogP contribution in [-0.4, -0.2) is 4.98 Å². The SMILES string of the molecule is C#Cc1c(F)ccc2cc(N)nc(C)c12. The smallest absolute Gasteiger partial charge is 0.139 e. The average molecular weight is 200 g/mol. The summed E-state index contributed by atoms with van der Waals surface area (Å²) in [5, 5.41) is 1.47. The molecule has 0 atom stereocenters. The Morgan fingerprint density at radius 2 is 2.20 bits per heavy atom. The summed E-state index contributed by atoms with van der Waals surface area (Å²) in [5.41, 5.74) is 6.50. The number of terminal acetylenes is 1. The maximum atomic E-state index is 13.4. The summed E-state index contributed by atoms with van der Waals surface area (Å²) in [4.78, 5) is 4.07. The molecule has 0 saturated carbocycles. The predicted octanol–water partition coefficient (Wildman–Crippen LogP) is 2.25. The first-order valence-electron chi connectivity index (χ1n) is 4.45. The van der Waals surface area contributed by atoms with E-state index in [0.717, 1.165) is 5.39 Å². The van der Waals surface area contributed by atoms with Gasteiger partial charge in [0.05, 0.1) is 5.56 Å². The quantitative estimate of drug-likeness (QED) is 0.662. The number of anilines is 1. The van der Waals surface area contributed by atoms with Crippen molar-refractivity contribution in [3.63, 3.8) is 0 Å². The lowest BCUT2D eigenvalue weighted by molar-refractivity contribution is 0.626. The fourth-order valence-corrected chi connectivity index (χ4v) is 1.69. The number of fused-ring (bicyclic) bond motifs is 1. The van der Waals surface area contributed by atoms with Crippen molar-refractivity contribution in [2.45, 2.75) is 6.92 Å². The number of aromatic nitrogens is 1. The third-order valence-electron chi connectivity index (χ3n) is 2.29. The van der Waals surface area contributed by atoms with Crippen LogP contribution in [0.2, 0.25) is 0 Å². The van der Waals surface area contributed by atoms with Gasteiger partial charge in [0, 0.05) is 11.1 Å². The summed E-state index contributed by atoms with van der Waals surface area (Å²) in [7, 11) is 0. The van der Waals surface area contributed by atoms with Crippen LogP contribution in [0.1, 0.15) is 11.3 Å². The van der Waals surface area contributed by atoms with Gasteiger partial charge in [0.15, 0.2) is 0 Å². The maximum absolute atomic E-state index is 13.4. The van der Waals surface area contributed by atoms with Gasteiger partial charge in [-0.2, -0.15) is 0 Å². The molecule has 0 fully saturated rings. The lowest BCUT2D eigenvalue weighted by atomic mass is 10.0. The minimum atomic E-state index is -0.403. The second-order valence-corrected chi connectivity index (χ2v) is 3.30. The summed E-state index contributed by atoms with van der Waals surface area (Å²) in [6, 6.07) is 4.68. The maximum Gasteiger partial charge on any atom is 0.139 e. The molecule has 1 aromatic carbocycles. The third kappa shape index (κ3) is 1.40. The lowest BCUT2D eigenvalue weighted by Crippen LogP contribution is -1.96. The van der Waals surface area contributed by atoms with E-state index in [-0.39, 0.29) is 5.56 Å². The van der Waals surface area contributed by atoms with Gasteiger partial charge in [0.25, 0.3) is 0 Å². The molecule has 3 heteroatoms. The minimum absolute atomic E-state index is 0.248. The molecule has 2 aromatic rings. The van der Waals surface area contributed by atoms with Crippen LogP contribution in [-0.2, 0) is 0 Å². The molecule has 0 aliphatic carbocycles. The van der Waals surface area contributed by atoms with E-state index < -0.39 is 5.82 Å². The fourth-order valence-electron chi connectivity index (χ4n) is 1.69. The molecule has 0 spiro atoms. The largest absolute Gasteiger partial charge is 0.384 e. The molecule has 1 heterocycles. The summed E-state index contributed by atoms with van der Waals surface area (Å²) in [6.45, 7) is 1.76. The number of benzene rings is 1. The molecule has 0 unspecified atom stereocenters. The Labute approximate surface area is 86.9 Å². The van der Waals surface area contributed by atoms with E-state index in [1.54, 1.807) is 19.1 Å². The number of halogens is 1. The average Bonchev–Trinajstić information content (AvgIpc) is 2.18. The molecule has 15 heavy (non-hydrogen) atoms. The van der Waals surface area contributed by atoms with Gasteiger partial charge in [-0.1, -0.05) is 12.0 Å². The van der Waals surface area contributed by atoms with E-state index in [1.165, 1.54) is 6.07 Å². The molecule has 0 radical (unpaired) electrons. The molecule has 2 rings (SSSR count). The summed E-state index contributed by atoms with van der Waals surface area (Å²) in [5.74, 6) is 2.35. The van der Waals surface area contributed by atoms with Gasteiger partial charge in [-0.25, -0.2) is 9.37 Å². The molecule has 74 valence electrons. The lowest BCUT2D eigenvalue weighted by Gasteiger charge is -2.06. The van der Waals surface area contributed by atoms with Crippen LogP contribution in [0.15, 0.2) is 18.2 Å². The molecule has 1 aromatic heterocycles. The number of pyridine rings is 1. The summed E-state index contributed by atoms with van der Waals surface area (Å²) < 4.78 is 13.4. The van der Waals surface area contributed by atoms with Gasteiger partial charge in [0.1, 0.15) is 11.6 Å². The van der Waals surface area contributed by atoms with E-state index in [4.69, 9.17) is 12.2 Å². The monoisotopic (exact) mass is 200 g/mol. The molecular weight excluding hydrogens is 191 g/mol. The Morgan fingerprint density at radius 3 is 2.87 bits per heavy atom.